The van der Waals surface area contributed by atoms with Crippen molar-refractivity contribution in [2.45, 2.75) is 45.8 Å². The second-order valence-corrected chi connectivity index (χ2v) is 8.19. The fraction of sp³-hybridized carbons (Fsp3) is 0.308. The van der Waals surface area contributed by atoms with Crippen LogP contribution >= 0.6 is 0 Å². The first-order valence-corrected chi connectivity index (χ1v) is 11.4. The third-order valence-electron chi connectivity index (χ3n) is 5.33. The first-order valence-electron chi connectivity index (χ1n) is 11.4. The van der Waals surface area contributed by atoms with Gasteiger partial charge >= 0.3 is 11.7 Å². The van der Waals surface area contributed by atoms with E-state index in [1.54, 1.807) is 25.1 Å². The van der Waals surface area contributed by atoms with E-state index in [9.17, 15) is 19.2 Å². The number of fused-ring (bicyclic) bond motifs is 1. The molecule has 3 N–H and O–H groups in total. The number of carbonyl (C=O) groups excluding carboxylic acids is 3. The molecular formula is C26H29N3O6. The number of aryl methyl sites for hydroxylation is 1. The van der Waals surface area contributed by atoms with Gasteiger partial charge in [-0.1, -0.05) is 30.3 Å². The Bertz CT molecular complexity index is 1240. The zero-order valence-corrected chi connectivity index (χ0v) is 19.8. The summed E-state index contributed by atoms with van der Waals surface area (Å²) in [5.74, 6) is -0.560. The molecule has 184 valence electrons. The Morgan fingerprint density at radius 3 is 2.54 bits per heavy atom. The minimum atomic E-state index is -0.865. The molecule has 0 fully saturated rings. The molecule has 2 aromatic carbocycles. The molecule has 35 heavy (non-hydrogen) atoms. The van der Waals surface area contributed by atoms with Gasteiger partial charge in [-0.2, -0.15) is 0 Å². The van der Waals surface area contributed by atoms with Crippen LogP contribution in [0, 0.1) is 6.92 Å². The highest BCUT2D eigenvalue weighted by Gasteiger charge is 2.22. The molecule has 9 heteroatoms. The Kier molecular flexibility index (Phi) is 9.00. The van der Waals surface area contributed by atoms with Crippen molar-refractivity contribution in [2.75, 3.05) is 11.9 Å². The normalized spacial score (nSPS) is 11.5. The first-order chi connectivity index (χ1) is 16.8. The minimum absolute atomic E-state index is 0.0760. The Labute approximate surface area is 202 Å². The zero-order valence-electron chi connectivity index (χ0n) is 19.8. The molecule has 0 radical (unpaired) electrons. The van der Waals surface area contributed by atoms with Crippen LogP contribution in [0.4, 0.5) is 10.5 Å². The second-order valence-electron chi connectivity index (χ2n) is 8.19. The van der Waals surface area contributed by atoms with Gasteiger partial charge in [-0.05, 0) is 49.4 Å². The Morgan fingerprint density at radius 1 is 1.03 bits per heavy atom. The van der Waals surface area contributed by atoms with E-state index in [-0.39, 0.29) is 12.5 Å². The minimum Gasteiger partial charge on any atom is -0.445 e. The maximum Gasteiger partial charge on any atom is 0.408 e. The molecule has 0 saturated heterocycles. The van der Waals surface area contributed by atoms with Crippen molar-refractivity contribution >= 4 is 34.6 Å². The Balaban J connectivity index is 1.65. The summed E-state index contributed by atoms with van der Waals surface area (Å²) in [6.45, 7) is 3.80. The molecule has 0 aliphatic heterocycles. The SMILES string of the molecule is CC(=O)NCCCC[C@H](NC(=O)OCc1ccccc1)C(=O)Nc1ccc2c(C)cc(=O)oc2c1. The summed E-state index contributed by atoms with van der Waals surface area (Å²) in [4.78, 5) is 48.2. The number of amides is 3. The van der Waals surface area contributed by atoms with Gasteiger partial charge < -0.3 is 25.1 Å². The molecule has 3 aromatic rings. The predicted molar refractivity (Wildman–Crippen MR) is 132 cm³/mol. The van der Waals surface area contributed by atoms with E-state index in [4.69, 9.17) is 9.15 Å². The van der Waals surface area contributed by atoms with E-state index in [1.807, 2.05) is 30.3 Å². The molecule has 1 aromatic heterocycles. The summed E-state index contributed by atoms with van der Waals surface area (Å²) in [5.41, 5.74) is 1.91. The molecule has 3 rings (SSSR count). The summed E-state index contributed by atoms with van der Waals surface area (Å²) < 4.78 is 10.5. The average Bonchev–Trinajstić information content (AvgIpc) is 2.82. The van der Waals surface area contributed by atoms with Crippen molar-refractivity contribution in [3.63, 3.8) is 0 Å². The van der Waals surface area contributed by atoms with E-state index >= 15 is 0 Å². The number of alkyl carbamates (subject to hydrolysis) is 1. The summed E-state index contributed by atoms with van der Waals surface area (Å²) in [6, 6.07) is 14.8. The third-order valence-corrected chi connectivity index (χ3v) is 5.33. The Hall–Kier alpha value is -4.14. The standard InChI is InChI=1S/C26H29N3O6/c1-17-14-24(31)35-23-15-20(11-12-21(17)23)28-25(32)22(10-6-7-13-27-18(2)30)29-26(33)34-16-19-8-4-3-5-9-19/h3-5,8-9,11-12,14-15,22H,6-7,10,13,16H2,1-2H3,(H,27,30)(H,28,32)(H,29,33)/t22-/m0/s1. The van der Waals surface area contributed by atoms with Crippen molar-refractivity contribution in [2.24, 2.45) is 0 Å². The van der Waals surface area contributed by atoms with Crippen molar-refractivity contribution in [3.05, 3.63) is 76.1 Å². The van der Waals surface area contributed by atoms with Crippen LogP contribution < -0.4 is 21.6 Å². The van der Waals surface area contributed by atoms with E-state index in [1.165, 1.54) is 13.0 Å². The molecular weight excluding hydrogens is 450 g/mol. The number of hydrogen-bond acceptors (Lipinski definition) is 6. The van der Waals surface area contributed by atoms with Gasteiger partial charge in [0.05, 0.1) is 0 Å². The number of anilines is 1. The van der Waals surface area contributed by atoms with Gasteiger partial charge in [-0.15, -0.1) is 0 Å². The maximum absolute atomic E-state index is 13.0. The lowest BCUT2D eigenvalue weighted by Crippen LogP contribution is -2.44. The number of benzene rings is 2. The largest absolute Gasteiger partial charge is 0.445 e. The van der Waals surface area contributed by atoms with Crippen molar-refractivity contribution in [1.82, 2.24) is 10.6 Å². The van der Waals surface area contributed by atoms with Crippen LogP contribution in [0.15, 0.2) is 63.8 Å². The monoisotopic (exact) mass is 479 g/mol. The van der Waals surface area contributed by atoms with Gasteiger partial charge in [0.1, 0.15) is 18.2 Å². The van der Waals surface area contributed by atoms with Crippen LogP contribution in [0.1, 0.15) is 37.3 Å². The molecule has 1 atom stereocenters. The number of hydrogen-bond donors (Lipinski definition) is 3. The van der Waals surface area contributed by atoms with Crippen LogP contribution in [0.3, 0.4) is 0 Å². The molecule has 0 unspecified atom stereocenters. The van der Waals surface area contributed by atoms with E-state index < -0.39 is 23.7 Å². The smallest absolute Gasteiger partial charge is 0.408 e. The molecule has 9 nitrogen and oxygen atoms in total. The highest BCUT2D eigenvalue weighted by atomic mass is 16.5. The van der Waals surface area contributed by atoms with Gasteiger partial charge in [0.25, 0.3) is 0 Å². The van der Waals surface area contributed by atoms with Gasteiger partial charge in [0.15, 0.2) is 0 Å². The topological polar surface area (TPSA) is 127 Å². The molecule has 0 spiro atoms. The van der Waals surface area contributed by atoms with Crippen LogP contribution in [0.5, 0.6) is 0 Å². The lowest BCUT2D eigenvalue weighted by Gasteiger charge is -2.19. The highest BCUT2D eigenvalue weighted by Crippen LogP contribution is 2.21. The Morgan fingerprint density at radius 2 is 1.80 bits per heavy atom. The van der Waals surface area contributed by atoms with Gasteiger partial charge in [-0.25, -0.2) is 9.59 Å². The molecule has 3 amide bonds. The fourth-order valence-electron chi connectivity index (χ4n) is 3.55. The van der Waals surface area contributed by atoms with Crippen molar-refractivity contribution in [1.29, 1.82) is 0 Å². The number of nitrogens with one attached hydrogen (secondary N) is 3. The first kappa shape index (κ1) is 25.5. The number of ether oxygens (including phenoxy) is 1. The predicted octanol–water partition coefficient (Wildman–Crippen LogP) is 3.64. The quantitative estimate of drug-likeness (QED) is 0.301. The summed E-state index contributed by atoms with van der Waals surface area (Å²) in [6.07, 6.45) is 0.859. The summed E-state index contributed by atoms with van der Waals surface area (Å²) in [7, 11) is 0. The van der Waals surface area contributed by atoms with Crippen LogP contribution in [0.25, 0.3) is 11.0 Å². The van der Waals surface area contributed by atoms with E-state index in [0.29, 0.717) is 37.1 Å². The summed E-state index contributed by atoms with van der Waals surface area (Å²) in [5, 5.41) is 8.87. The second kappa shape index (κ2) is 12.4. The zero-order chi connectivity index (χ0) is 25.2. The van der Waals surface area contributed by atoms with Crippen molar-refractivity contribution < 1.29 is 23.5 Å². The van der Waals surface area contributed by atoms with Crippen LogP contribution in [0.2, 0.25) is 0 Å². The summed E-state index contributed by atoms with van der Waals surface area (Å²) >= 11 is 0. The number of rotatable bonds is 10. The third kappa shape index (κ3) is 7.99. The lowest BCUT2D eigenvalue weighted by molar-refractivity contribution is -0.119. The number of unbranched alkanes of at least 4 members (excludes halogenated alkanes) is 1. The van der Waals surface area contributed by atoms with Crippen molar-refractivity contribution in [3.8, 4) is 0 Å². The number of carbonyl (C=O) groups is 3. The van der Waals surface area contributed by atoms with Gasteiger partial charge in [-0.3, -0.25) is 9.59 Å². The fourth-order valence-corrected chi connectivity index (χ4v) is 3.55. The lowest BCUT2D eigenvalue weighted by atomic mass is 10.1. The molecule has 0 saturated carbocycles. The maximum atomic E-state index is 13.0. The van der Waals surface area contributed by atoms with E-state index in [0.717, 1.165) is 16.5 Å². The highest BCUT2D eigenvalue weighted by molar-refractivity contribution is 5.98. The van der Waals surface area contributed by atoms with Gasteiger partial charge in [0, 0.05) is 36.7 Å². The van der Waals surface area contributed by atoms with Crippen LogP contribution in [-0.2, 0) is 20.9 Å². The molecule has 0 aliphatic rings. The van der Waals surface area contributed by atoms with Crippen LogP contribution in [-0.4, -0.2) is 30.5 Å². The average molecular weight is 480 g/mol. The molecule has 1 heterocycles. The van der Waals surface area contributed by atoms with E-state index in [2.05, 4.69) is 16.0 Å². The molecule has 0 bridgehead atoms. The molecule has 0 aliphatic carbocycles. The van der Waals surface area contributed by atoms with Gasteiger partial charge in [0.2, 0.25) is 11.8 Å².